The van der Waals surface area contributed by atoms with E-state index in [2.05, 4.69) is 57.7 Å². The van der Waals surface area contributed by atoms with Gasteiger partial charge in [0.2, 0.25) is 0 Å². The summed E-state index contributed by atoms with van der Waals surface area (Å²) in [6.07, 6.45) is 9.01. The van der Waals surface area contributed by atoms with Crippen molar-refractivity contribution in [1.29, 1.82) is 0 Å². The van der Waals surface area contributed by atoms with Gasteiger partial charge in [0.1, 0.15) is 18.9 Å². The zero-order valence-corrected chi connectivity index (χ0v) is 19.5. The van der Waals surface area contributed by atoms with Crippen molar-refractivity contribution in [3.05, 3.63) is 29.8 Å². The lowest BCUT2D eigenvalue weighted by molar-refractivity contribution is -0.0917. The van der Waals surface area contributed by atoms with Crippen LogP contribution in [0.15, 0.2) is 24.3 Å². The number of aryl methyl sites for hydroxylation is 1. The van der Waals surface area contributed by atoms with Crippen molar-refractivity contribution in [3.8, 4) is 0 Å². The first-order chi connectivity index (χ1) is 15.0. The molecule has 4 atom stereocenters. The molecule has 0 amide bonds. The fourth-order valence-electron chi connectivity index (χ4n) is 5.93. The van der Waals surface area contributed by atoms with E-state index in [0.29, 0.717) is 12.1 Å². The number of rotatable bonds is 5. The van der Waals surface area contributed by atoms with Crippen LogP contribution in [0.5, 0.6) is 0 Å². The highest BCUT2D eigenvalue weighted by Crippen LogP contribution is 2.33. The quantitative estimate of drug-likeness (QED) is 0.619. The van der Waals surface area contributed by atoms with E-state index >= 15 is 0 Å². The van der Waals surface area contributed by atoms with E-state index in [9.17, 15) is 0 Å². The average molecular weight is 430 g/mol. The van der Waals surface area contributed by atoms with E-state index < -0.39 is 0 Å². The van der Waals surface area contributed by atoms with Gasteiger partial charge in [0.15, 0.2) is 0 Å². The van der Waals surface area contributed by atoms with Gasteiger partial charge in [0.25, 0.3) is 0 Å². The Morgan fingerprint density at radius 2 is 1.52 bits per heavy atom. The Labute approximate surface area is 188 Å². The van der Waals surface area contributed by atoms with Crippen LogP contribution in [0.3, 0.4) is 0 Å². The van der Waals surface area contributed by atoms with Gasteiger partial charge >= 0.3 is 0 Å². The van der Waals surface area contributed by atoms with E-state index in [1.54, 1.807) is 0 Å². The molecule has 3 fully saturated rings. The van der Waals surface area contributed by atoms with Crippen molar-refractivity contribution in [2.45, 2.75) is 96.2 Å². The Morgan fingerprint density at radius 1 is 0.839 bits per heavy atom. The minimum absolute atomic E-state index is 0.255. The van der Waals surface area contributed by atoms with Crippen molar-refractivity contribution in [2.75, 3.05) is 24.5 Å². The predicted molar refractivity (Wildman–Crippen MR) is 128 cm³/mol. The monoisotopic (exact) mass is 429 g/mol. The van der Waals surface area contributed by atoms with Crippen LogP contribution in [0.25, 0.3) is 0 Å². The van der Waals surface area contributed by atoms with Gasteiger partial charge < -0.3 is 10.6 Å². The van der Waals surface area contributed by atoms with Crippen LogP contribution < -0.4 is 22.1 Å². The highest BCUT2D eigenvalue weighted by atomic mass is 15.7. The molecule has 0 spiro atoms. The van der Waals surface area contributed by atoms with Crippen LogP contribution in [0, 0.1) is 6.92 Å². The molecule has 0 bridgehead atoms. The molecule has 7 heteroatoms. The first kappa shape index (κ1) is 23.0. The first-order valence-corrected chi connectivity index (χ1v) is 12.4. The Morgan fingerprint density at radius 3 is 2.16 bits per heavy atom. The van der Waals surface area contributed by atoms with Gasteiger partial charge in [-0.05, 0) is 57.8 Å². The summed E-state index contributed by atoms with van der Waals surface area (Å²) in [4.78, 5) is 9.41. The molecule has 2 saturated heterocycles. The summed E-state index contributed by atoms with van der Waals surface area (Å²) < 4.78 is 0. The standard InChI is InChI=1S/C24H43N7/c1-3-28-16-8-11-21(28)17-29-22(25)30(19-9-6-4-5-7-10-19)24(27)31(23(29)26)20-14-12-18(2)13-15-20/h12-15,19,21-24H,3-11,16-17,25-27H2,1-2H3. The maximum absolute atomic E-state index is 6.96. The summed E-state index contributed by atoms with van der Waals surface area (Å²) in [5, 5.41) is 0. The van der Waals surface area contributed by atoms with E-state index in [1.807, 2.05) is 0 Å². The molecule has 6 N–H and O–H groups in total. The number of nitrogens with zero attached hydrogens (tertiary/aromatic N) is 4. The van der Waals surface area contributed by atoms with Crippen LogP contribution in [0.4, 0.5) is 5.69 Å². The van der Waals surface area contributed by atoms with Crippen molar-refractivity contribution in [1.82, 2.24) is 14.7 Å². The van der Waals surface area contributed by atoms with Crippen molar-refractivity contribution >= 4 is 5.69 Å². The van der Waals surface area contributed by atoms with E-state index in [0.717, 1.165) is 31.6 Å². The van der Waals surface area contributed by atoms with Gasteiger partial charge in [-0.1, -0.05) is 50.3 Å². The molecule has 3 aliphatic rings. The van der Waals surface area contributed by atoms with Gasteiger partial charge in [0.05, 0.1) is 0 Å². The molecule has 4 rings (SSSR count). The Kier molecular flexibility index (Phi) is 7.52. The molecular formula is C24H43N7. The molecule has 1 saturated carbocycles. The van der Waals surface area contributed by atoms with Gasteiger partial charge in [-0.25, -0.2) is 9.80 Å². The normalized spacial score (nSPS) is 32.5. The molecule has 1 aromatic carbocycles. The average Bonchev–Trinajstić information content (AvgIpc) is 3.05. The third kappa shape index (κ3) is 4.77. The Hall–Kier alpha value is -1.22. The molecular weight excluding hydrogens is 386 g/mol. The molecule has 7 nitrogen and oxygen atoms in total. The maximum atomic E-state index is 6.96. The van der Waals surface area contributed by atoms with E-state index in [1.165, 1.54) is 50.6 Å². The molecule has 174 valence electrons. The molecule has 4 unspecified atom stereocenters. The van der Waals surface area contributed by atoms with E-state index in [4.69, 9.17) is 17.2 Å². The van der Waals surface area contributed by atoms with Crippen LogP contribution in [0.2, 0.25) is 0 Å². The number of likely N-dealkylation sites (tertiary alicyclic amines) is 1. The van der Waals surface area contributed by atoms with Crippen molar-refractivity contribution < 1.29 is 0 Å². The van der Waals surface area contributed by atoms with Crippen LogP contribution in [0.1, 0.15) is 63.9 Å². The van der Waals surface area contributed by atoms with Gasteiger partial charge in [-0.15, -0.1) is 0 Å². The number of likely N-dealkylation sites (N-methyl/N-ethyl adjacent to an activating group) is 1. The largest absolute Gasteiger partial charge is 0.315 e. The highest BCUT2D eigenvalue weighted by molar-refractivity contribution is 5.49. The second kappa shape index (κ2) is 10.1. The lowest BCUT2D eigenvalue weighted by Gasteiger charge is -2.57. The SMILES string of the molecule is CCN1CCCC1CN1C(N)N(c2ccc(C)cc2)C(N)N(C2CCCCCC2)C1N. The smallest absolute Gasteiger partial charge is 0.139 e. The lowest BCUT2D eigenvalue weighted by Crippen LogP contribution is -2.80. The minimum atomic E-state index is -0.339. The number of benzene rings is 1. The fourth-order valence-corrected chi connectivity index (χ4v) is 5.93. The summed E-state index contributed by atoms with van der Waals surface area (Å²) in [7, 11) is 0. The van der Waals surface area contributed by atoms with Crippen molar-refractivity contribution in [3.63, 3.8) is 0 Å². The minimum Gasteiger partial charge on any atom is -0.315 e. The first-order valence-electron chi connectivity index (χ1n) is 12.4. The Balaban J connectivity index is 1.65. The fraction of sp³-hybridized carbons (Fsp3) is 0.750. The molecule has 0 radical (unpaired) electrons. The summed E-state index contributed by atoms with van der Waals surface area (Å²) >= 11 is 0. The van der Waals surface area contributed by atoms with Crippen LogP contribution in [-0.2, 0) is 0 Å². The molecule has 2 heterocycles. The Bertz CT molecular complexity index is 688. The zero-order valence-electron chi connectivity index (χ0n) is 19.5. The number of hydrogen-bond donors (Lipinski definition) is 3. The third-order valence-corrected chi connectivity index (χ3v) is 7.77. The predicted octanol–water partition coefficient (Wildman–Crippen LogP) is 2.35. The van der Waals surface area contributed by atoms with Gasteiger partial charge in [-0.2, -0.15) is 0 Å². The molecule has 1 aliphatic carbocycles. The second-order valence-corrected chi connectivity index (χ2v) is 9.70. The number of anilines is 1. The topological polar surface area (TPSA) is 91.0 Å². The number of hydrogen-bond acceptors (Lipinski definition) is 7. The summed E-state index contributed by atoms with van der Waals surface area (Å²) in [6, 6.07) is 9.47. The maximum Gasteiger partial charge on any atom is 0.139 e. The lowest BCUT2D eigenvalue weighted by atomic mass is 10.1. The summed E-state index contributed by atoms with van der Waals surface area (Å²) in [5.74, 6) is 0. The third-order valence-electron chi connectivity index (χ3n) is 7.77. The summed E-state index contributed by atoms with van der Waals surface area (Å²) in [5.41, 5.74) is 23.1. The molecule has 2 aliphatic heterocycles. The van der Waals surface area contributed by atoms with Gasteiger partial charge in [0, 0.05) is 24.3 Å². The highest BCUT2D eigenvalue weighted by Gasteiger charge is 2.45. The molecule has 31 heavy (non-hydrogen) atoms. The van der Waals surface area contributed by atoms with Crippen LogP contribution >= 0.6 is 0 Å². The van der Waals surface area contributed by atoms with E-state index in [-0.39, 0.29) is 18.9 Å². The zero-order chi connectivity index (χ0) is 22.0. The molecule has 1 aromatic rings. The van der Waals surface area contributed by atoms with Crippen LogP contribution in [-0.4, -0.2) is 65.3 Å². The summed E-state index contributed by atoms with van der Waals surface area (Å²) in [6.45, 7) is 7.50. The molecule has 0 aromatic heterocycles. The number of nitrogens with two attached hydrogens (primary N) is 3. The second-order valence-electron chi connectivity index (χ2n) is 9.70. The van der Waals surface area contributed by atoms with Gasteiger partial charge in [-0.3, -0.25) is 16.4 Å². The van der Waals surface area contributed by atoms with Crippen molar-refractivity contribution in [2.24, 2.45) is 17.2 Å².